The summed E-state index contributed by atoms with van der Waals surface area (Å²) in [4.78, 5) is 11.9. The van der Waals surface area contributed by atoms with Crippen LogP contribution in [-0.2, 0) is 23.7 Å². The Hall–Kier alpha value is -9.99. The first-order chi connectivity index (χ1) is 55.0. The van der Waals surface area contributed by atoms with E-state index in [0.29, 0.717) is 12.0 Å². The fraction of sp³-hybridized carbons (Fsp3) is 0.302. The average Bonchev–Trinajstić information content (AvgIpc) is 1.54. The molecule has 10 aliphatic carbocycles. The summed E-state index contributed by atoms with van der Waals surface area (Å²) in [5, 5.41) is 1.46. The Morgan fingerprint density at radius 2 is 1.31 bits per heavy atom. The van der Waals surface area contributed by atoms with Crippen LogP contribution in [0.1, 0.15) is 169 Å². The number of benzene rings is 9. The Kier molecular flexibility index (Phi) is 15.6. The lowest BCUT2D eigenvalue weighted by Crippen LogP contribution is -2.54. The minimum Gasteiger partial charge on any atom is -0.357 e. The minimum absolute atomic E-state index is 0.109. The fourth-order valence-electron chi connectivity index (χ4n) is 25.2. The normalized spacial score (nSPS) is 25.7. The number of nitrogens with zero attached hydrogens (tertiary/aromatic N) is 4. The van der Waals surface area contributed by atoms with E-state index in [1.54, 1.807) is 50.4 Å². The van der Waals surface area contributed by atoms with Gasteiger partial charge in [-0.25, -0.2) is 0 Å². The molecule has 0 fully saturated rings. The Balaban J connectivity index is 0.776. The fourth-order valence-corrected chi connectivity index (χ4v) is 27.3. The molecule has 554 valence electrons. The van der Waals surface area contributed by atoms with E-state index in [9.17, 15) is 0 Å². The molecule has 0 saturated carbocycles. The van der Waals surface area contributed by atoms with Crippen LogP contribution in [0.25, 0.3) is 39.1 Å². The first kappa shape index (κ1) is 67.7. The van der Waals surface area contributed by atoms with Gasteiger partial charge in [0.1, 0.15) is 0 Å². The van der Waals surface area contributed by atoms with Crippen molar-refractivity contribution >= 4 is 68.1 Å². The number of hydrogen-bond acceptors (Lipinski definition) is 4. The van der Waals surface area contributed by atoms with Crippen molar-refractivity contribution < 1.29 is 0 Å². The van der Waals surface area contributed by atoms with Crippen LogP contribution in [0, 0.1) is 18.8 Å². The zero-order valence-corrected chi connectivity index (χ0v) is 68.0. The number of aryl methyl sites for hydroxylation is 1. The van der Waals surface area contributed by atoms with Crippen LogP contribution in [0.3, 0.4) is 0 Å². The first-order valence-corrected chi connectivity index (χ1v) is 47.9. The quantitative estimate of drug-likeness (QED) is 0.0999. The zero-order valence-electron chi connectivity index (χ0n) is 66.0. The Morgan fingerprint density at radius 1 is 0.562 bits per heavy atom. The summed E-state index contributed by atoms with van der Waals surface area (Å²) in [6, 6.07) is 78.5. The molecule has 9 atom stereocenters. The Labute approximate surface area is 667 Å². The molecule has 6 heteroatoms. The predicted octanol–water partition coefficient (Wildman–Crippen LogP) is 25.0. The van der Waals surface area contributed by atoms with Crippen LogP contribution in [0.4, 0.5) is 28.4 Å². The van der Waals surface area contributed by atoms with E-state index in [0.717, 1.165) is 63.3 Å². The third kappa shape index (κ3) is 9.57. The molecule has 112 heavy (non-hydrogen) atoms. The molecule has 4 aliphatic heterocycles. The van der Waals surface area contributed by atoms with Crippen LogP contribution in [0.2, 0.25) is 31.7 Å². The molecular formula is C106H100N4Si2-2. The van der Waals surface area contributed by atoms with E-state index < -0.39 is 23.0 Å². The van der Waals surface area contributed by atoms with Crippen LogP contribution in [0.5, 0.6) is 0 Å². The summed E-state index contributed by atoms with van der Waals surface area (Å²) in [6.45, 7) is 14.8. The second kappa shape index (κ2) is 25.8. The molecule has 2 spiro atoms. The van der Waals surface area contributed by atoms with Gasteiger partial charge in [0.05, 0.1) is 29.0 Å². The van der Waals surface area contributed by atoms with Crippen LogP contribution >= 0.6 is 0 Å². The number of allylic oxidation sites excluding steroid dienone is 13. The molecule has 14 aliphatic rings. The lowest BCUT2D eigenvalue weighted by atomic mass is 9.55. The van der Waals surface area contributed by atoms with Crippen LogP contribution in [0.15, 0.2) is 294 Å². The molecule has 4 heterocycles. The second-order valence-electron chi connectivity index (χ2n) is 35.9. The van der Waals surface area contributed by atoms with E-state index in [1.807, 2.05) is 0 Å². The smallest absolute Gasteiger partial charge is 0.0717 e. The van der Waals surface area contributed by atoms with Crippen molar-refractivity contribution in [2.24, 2.45) is 11.8 Å². The van der Waals surface area contributed by atoms with Crippen molar-refractivity contribution in [3.63, 3.8) is 0 Å². The Morgan fingerprint density at radius 3 is 2.05 bits per heavy atom. The molecular weight excluding hydrogens is 1390 g/mol. The van der Waals surface area contributed by atoms with Crippen molar-refractivity contribution in [3.8, 4) is 22.3 Å². The van der Waals surface area contributed by atoms with Crippen LogP contribution < -0.4 is 24.8 Å². The van der Waals surface area contributed by atoms with Crippen molar-refractivity contribution in [1.29, 1.82) is 0 Å². The summed E-state index contributed by atoms with van der Waals surface area (Å²) in [5.41, 5.74) is 45.4. The van der Waals surface area contributed by atoms with E-state index in [-0.39, 0.29) is 35.4 Å². The van der Waals surface area contributed by atoms with Crippen molar-refractivity contribution in [3.05, 3.63) is 361 Å². The maximum atomic E-state index is 3.12. The van der Waals surface area contributed by atoms with E-state index in [1.165, 1.54) is 173 Å². The summed E-state index contributed by atoms with van der Waals surface area (Å²) in [5.74, 6) is 0.965. The highest BCUT2D eigenvalue weighted by Gasteiger charge is 2.65. The van der Waals surface area contributed by atoms with E-state index in [2.05, 4.69) is 315 Å². The van der Waals surface area contributed by atoms with Gasteiger partial charge in [0, 0.05) is 74.5 Å². The standard InChI is InChI=1S/C106H100N4Si2/c1-65-39-57-91-99(59-65)109-97-63-86-98(64-85(97)101-81-31-21-37-95(83(81)61-93(103(101)109)105(91)87-33-17-13-27-77(87)78-28-14-18-34-88(78)105)107(73-49-53-75(54-50-73)111(3)4)71-45-41-69(42-46-71)67-23-9-7-10-24-67)110-100-60-66(2)40-58-92(100)106(89-35-19-15-29-79(89)80-30-16-20-36-90(80)106)94-62-84-82(102(86)104(94)110)32-22-38-96(84)108(74-51-55-76(56-52-74)112(5)6)72-47-43-70(44-48-72)68-25-11-8-12-26-68/h7,9-11,13-19,22-25,27-30,32-35,37-43,45-46,49-51,53-54,57-58,60-61,63,68,72,76,85,94,97-99H,8,12,20-21,26,31,36,44,47-48,52,55-56,59,62,64H2,1-6H3/q-2. The van der Waals surface area contributed by atoms with Gasteiger partial charge in [-0.15, -0.1) is 0 Å². The molecule has 9 unspecified atom stereocenters. The molecule has 9 aromatic carbocycles. The monoisotopic (exact) mass is 1480 g/mol. The zero-order chi connectivity index (χ0) is 74.6. The van der Waals surface area contributed by atoms with Crippen LogP contribution in [-0.4, -0.2) is 41.8 Å². The number of fused-ring (bicyclic) bond motifs is 27. The first-order valence-electron chi connectivity index (χ1n) is 42.8. The minimum atomic E-state index is -0.692. The van der Waals surface area contributed by atoms with Gasteiger partial charge in [-0.2, -0.15) is 36.9 Å². The highest BCUT2D eigenvalue weighted by atomic mass is 28.3. The molecule has 4 nitrogen and oxygen atoms in total. The van der Waals surface area contributed by atoms with Gasteiger partial charge < -0.3 is 19.6 Å². The third-order valence-corrected chi connectivity index (χ3v) is 33.6. The number of hydrogen-bond donors (Lipinski definition) is 0. The maximum Gasteiger partial charge on any atom is 0.0717 e. The van der Waals surface area contributed by atoms with Gasteiger partial charge in [0.2, 0.25) is 0 Å². The molecule has 0 radical (unpaired) electrons. The van der Waals surface area contributed by atoms with Gasteiger partial charge in [0.15, 0.2) is 0 Å². The van der Waals surface area contributed by atoms with Gasteiger partial charge in [-0.05, 0) is 258 Å². The summed E-state index contributed by atoms with van der Waals surface area (Å²) in [6.07, 6.45) is 44.5. The molecule has 0 bridgehead atoms. The Bertz CT molecular complexity index is 5800. The van der Waals surface area contributed by atoms with Gasteiger partial charge in [-0.3, -0.25) is 17.6 Å². The van der Waals surface area contributed by atoms with Gasteiger partial charge in [0.25, 0.3) is 0 Å². The molecule has 9 aromatic rings. The molecule has 0 N–H and O–H groups in total. The third-order valence-electron chi connectivity index (χ3n) is 29.9. The van der Waals surface area contributed by atoms with Gasteiger partial charge >= 0.3 is 0 Å². The van der Waals surface area contributed by atoms with Gasteiger partial charge in [-0.1, -0.05) is 236 Å². The average molecular weight is 1490 g/mol. The molecule has 0 aromatic heterocycles. The van der Waals surface area contributed by atoms with E-state index in [4.69, 9.17) is 0 Å². The molecule has 0 amide bonds. The summed E-state index contributed by atoms with van der Waals surface area (Å²) < 4.78 is 0. The van der Waals surface area contributed by atoms with Crippen molar-refractivity contribution in [2.45, 2.75) is 189 Å². The highest BCUT2D eigenvalue weighted by Crippen LogP contribution is 2.73. The lowest BCUT2D eigenvalue weighted by molar-refractivity contribution is 0.378. The summed E-state index contributed by atoms with van der Waals surface area (Å²) >= 11 is 0. The molecule has 23 rings (SSSR count). The SMILES string of the molecule is CC1=CC=C2C(C1)N1c3c(cc4c(c3C3CC5C(=CC31)C1=C3C(Cc6c1cccc6N(C1=CCC([Si-](C)C)CC1)C1CC=C(C6C=CCCC6)CC1)C1(C6=C(C=CCC6)c6ccccc61)c1ccc(C)cc1N35)CCC=C4N(c1ccc(-c3ccccc3)cc1)c1ccc([Si-](C)C)cc1)C21c2ccccc2-c2ccccc21. The van der Waals surface area contributed by atoms with Crippen molar-refractivity contribution in [1.82, 2.24) is 0 Å². The topological polar surface area (TPSA) is 13.0 Å². The number of rotatable bonds is 10. The summed E-state index contributed by atoms with van der Waals surface area (Å²) in [7, 11) is -1.13. The largest absolute Gasteiger partial charge is 0.357 e. The predicted molar refractivity (Wildman–Crippen MR) is 472 cm³/mol. The lowest BCUT2D eigenvalue weighted by Gasteiger charge is -2.54. The molecule has 0 saturated heterocycles. The highest BCUT2D eigenvalue weighted by molar-refractivity contribution is 6.70. The second-order valence-corrected chi connectivity index (χ2v) is 41.4. The van der Waals surface area contributed by atoms with Crippen molar-refractivity contribution in [2.75, 3.05) is 19.6 Å². The maximum absolute atomic E-state index is 3.12. The number of anilines is 5. The van der Waals surface area contributed by atoms with E-state index >= 15 is 0 Å².